The highest BCUT2D eigenvalue weighted by atomic mass is 32.1. The molecule has 0 saturated heterocycles. The number of pyridine rings is 1. The smallest absolute Gasteiger partial charge is 0.246 e. The van der Waals surface area contributed by atoms with E-state index in [2.05, 4.69) is 20.3 Å². The molecule has 118 valence electrons. The molecule has 0 bridgehead atoms. The van der Waals surface area contributed by atoms with Gasteiger partial charge in [0.05, 0.1) is 23.1 Å². The third kappa shape index (κ3) is 2.89. The van der Waals surface area contributed by atoms with Gasteiger partial charge in [-0.25, -0.2) is 9.97 Å². The maximum absolute atomic E-state index is 12.3. The molecule has 3 aromatic heterocycles. The fourth-order valence-electron chi connectivity index (χ4n) is 2.41. The Morgan fingerprint density at radius 1 is 1.08 bits per heavy atom. The second-order valence-electron chi connectivity index (χ2n) is 5.16. The summed E-state index contributed by atoms with van der Waals surface area (Å²) in [6.45, 7) is 0.193. The molecule has 1 aromatic carbocycles. The normalized spacial score (nSPS) is 10.8. The van der Waals surface area contributed by atoms with Crippen molar-refractivity contribution in [3.63, 3.8) is 0 Å². The van der Waals surface area contributed by atoms with Gasteiger partial charge >= 0.3 is 0 Å². The quantitative estimate of drug-likeness (QED) is 0.621. The number of benzene rings is 1. The lowest BCUT2D eigenvalue weighted by Gasteiger charge is -2.04. The third-order valence-corrected chi connectivity index (χ3v) is 4.28. The number of para-hydroxylation sites is 2. The number of hydrogen-bond donors (Lipinski definition) is 1. The fraction of sp³-hybridized carbons (Fsp3) is 0.0588. The van der Waals surface area contributed by atoms with Crippen molar-refractivity contribution < 1.29 is 4.79 Å². The monoisotopic (exact) mass is 335 g/mol. The van der Waals surface area contributed by atoms with Crippen LogP contribution in [0.4, 0.5) is 5.13 Å². The largest absolute Gasteiger partial charge is 0.321 e. The zero-order valence-corrected chi connectivity index (χ0v) is 13.4. The number of anilines is 1. The van der Waals surface area contributed by atoms with E-state index >= 15 is 0 Å². The number of rotatable bonds is 4. The van der Waals surface area contributed by atoms with Gasteiger partial charge in [-0.3, -0.25) is 9.78 Å². The highest BCUT2D eigenvalue weighted by Crippen LogP contribution is 2.23. The van der Waals surface area contributed by atoms with Gasteiger partial charge < -0.3 is 9.88 Å². The van der Waals surface area contributed by atoms with Gasteiger partial charge in [-0.1, -0.05) is 18.2 Å². The first-order valence-corrected chi connectivity index (χ1v) is 8.24. The summed E-state index contributed by atoms with van der Waals surface area (Å²) in [6, 6.07) is 13.4. The van der Waals surface area contributed by atoms with E-state index in [9.17, 15) is 4.79 Å². The van der Waals surface area contributed by atoms with Crippen LogP contribution in [0.15, 0.2) is 60.4 Å². The number of carbonyl (C=O) groups is 1. The summed E-state index contributed by atoms with van der Waals surface area (Å²) in [5.41, 5.74) is 3.34. The van der Waals surface area contributed by atoms with Crippen molar-refractivity contribution in [2.75, 3.05) is 5.32 Å². The van der Waals surface area contributed by atoms with Gasteiger partial charge in [-0.05, 0) is 24.3 Å². The van der Waals surface area contributed by atoms with E-state index in [0.717, 1.165) is 22.4 Å². The molecule has 0 aliphatic carbocycles. The average molecular weight is 335 g/mol. The first kappa shape index (κ1) is 14.5. The molecule has 0 spiro atoms. The van der Waals surface area contributed by atoms with Gasteiger partial charge in [0.25, 0.3) is 0 Å². The Bertz CT molecular complexity index is 992. The number of carbonyl (C=O) groups excluding carboxylic acids is 1. The van der Waals surface area contributed by atoms with E-state index in [-0.39, 0.29) is 12.5 Å². The molecule has 7 heteroatoms. The van der Waals surface area contributed by atoms with Crippen LogP contribution in [0.5, 0.6) is 0 Å². The van der Waals surface area contributed by atoms with Crippen LogP contribution in [-0.4, -0.2) is 25.4 Å². The van der Waals surface area contributed by atoms with Crippen molar-refractivity contribution in [3.8, 4) is 11.4 Å². The predicted molar refractivity (Wildman–Crippen MR) is 93.7 cm³/mol. The summed E-state index contributed by atoms with van der Waals surface area (Å²) >= 11 is 1.38. The lowest BCUT2D eigenvalue weighted by molar-refractivity contribution is -0.116. The molecule has 0 aliphatic rings. The number of thiazole rings is 1. The van der Waals surface area contributed by atoms with E-state index in [0.29, 0.717) is 5.13 Å². The van der Waals surface area contributed by atoms with Crippen LogP contribution in [0.1, 0.15) is 0 Å². The van der Waals surface area contributed by atoms with Crippen LogP contribution in [0.2, 0.25) is 0 Å². The van der Waals surface area contributed by atoms with Crippen LogP contribution in [-0.2, 0) is 11.3 Å². The average Bonchev–Trinajstić information content (AvgIpc) is 3.23. The van der Waals surface area contributed by atoms with Gasteiger partial charge in [0.2, 0.25) is 5.91 Å². The lowest BCUT2D eigenvalue weighted by Crippen LogP contribution is -2.18. The topological polar surface area (TPSA) is 72.7 Å². The Balaban J connectivity index is 1.48. The number of hydrogen-bond acceptors (Lipinski definition) is 5. The third-order valence-electron chi connectivity index (χ3n) is 3.52. The summed E-state index contributed by atoms with van der Waals surface area (Å²) in [5, 5.41) is 5.27. The Morgan fingerprint density at radius 3 is 2.83 bits per heavy atom. The van der Waals surface area contributed by atoms with Gasteiger partial charge in [-0.15, -0.1) is 11.3 Å². The summed E-state index contributed by atoms with van der Waals surface area (Å²) in [7, 11) is 0. The number of amides is 1. The standard InChI is InChI=1S/C17H13N5OS/c23-16(9-22-11-19-13-6-1-2-7-15(13)22)21-17-20-14(10-24-17)12-5-3-4-8-18-12/h1-8,10-11H,9H2,(H,20,21,23). The second-order valence-corrected chi connectivity index (χ2v) is 6.02. The summed E-state index contributed by atoms with van der Waals surface area (Å²) in [6.07, 6.45) is 3.39. The molecular weight excluding hydrogens is 322 g/mol. The number of fused-ring (bicyclic) bond motifs is 1. The van der Waals surface area contributed by atoms with Gasteiger partial charge in [0.1, 0.15) is 12.2 Å². The molecule has 4 aromatic rings. The van der Waals surface area contributed by atoms with E-state index < -0.39 is 0 Å². The van der Waals surface area contributed by atoms with E-state index in [1.54, 1.807) is 12.5 Å². The molecule has 0 radical (unpaired) electrons. The first-order valence-electron chi connectivity index (χ1n) is 7.36. The van der Waals surface area contributed by atoms with Crippen molar-refractivity contribution in [2.45, 2.75) is 6.54 Å². The molecular formula is C17H13N5OS. The maximum Gasteiger partial charge on any atom is 0.246 e. The highest BCUT2D eigenvalue weighted by molar-refractivity contribution is 7.14. The minimum Gasteiger partial charge on any atom is -0.321 e. The van der Waals surface area contributed by atoms with E-state index in [1.807, 2.05) is 52.4 Å². The summed E-state index contributed by atoms with van der Waals surface area (Å²) < 4.78 is 1.82. The molecule has 6 nitrogen and oxygen atoms in total. The first-order chi connectivity index (χ1) is 11.8. The Morgan fingerprint density at radius 2 is 1.96 bits per heavy atom. The van der Waals surface area contributed by atoms with Gasteiger partial charge in [-0.2, -0.15) is 0 Å². The van der Waals surface area contributed by atoms with Crippen molar-refractivity contribution in [3.05, 3.63) is 60.4 Å². The molecule has 0 atom stereocenters. The highest BCUT2D eigenvalue weighted by Gasteiger charge is 2.10. The van der Waals surface area contributed by atoms with Crippen molar-refractivity contribution >= 4 is 33.4 Å². The Kier molecular flexibility index (Phi) is 3.76. The van der Waals surface area contributed by atoms with Crippen molar-refractivity contribution in [1.29, 1.82) is 0 Å². The molecule has 1 N–H and O–H groups in total. The zero-order valence-electron chi connectivity index (χ0n) is 12.6. The minimum absolute atomic E-state index is 0.139. The maximum atomic E-state index is 12.3. The molecule has 4 rings (SSSR count). The van der Waals surface area contributed by atoms with Crippen LogP contribution < -0.4 is 5.32 Å². The van der Waals surface area contributed by atoms with Crippen LogP contribution in [0, 0.1) is 0 Å². The van der Waals surface area contributed by atoms with Crippen LogP contribution in [0.25, 0.3) is 22.4 Å². The molecule has 3 heterocycles. The van der Waals surface area contributed by atoms with Gasteiger partial charge in [0.15, 0.2) is 5.13 Å². The summed E-state index contributed by atoms with van der Waals surface area (Å²) in [5.74, 6) is -0.139. The van der Waals surface area contributed by atoms with Crippen molar-refractivity contribution in [2.24, 2.45) is 0 Å². The Hall–Kier alpha value is -3.06. The van der Waals surface area contributed by atoms with Crippen LogP contribution >= 0.6 is 11.3 Å². The zero-order chi connectivity index (χ0) is 16.4. The minimum atomic E-state index is -0.139. The van der Waals surface area contributed by atoms with Crippen molar-refractivity contribution in [1.82, 2.24) is 19.5 Å². The predicted octanol–water partition coefficient (Wildman–Crippen LogP) is 3.19. The van der Waals surface area contributed by atoms with Gasteiger partial charge in [0, 0.05) is 11.6 Å². The van der Waals surface area contributed by atoms with E-state index in [1.165, 1.54) is 11.3 Å². The lowest BCUT2D eigenvalue weighted by atomic mass is 10.3. The Labute approximate surface area is 141 Å². The number of aromatic nitrogens is 4. The van der Waals surface area contributed by atoms with Crippen LogP contribution in [0.3, 0.4) is 0 Å². The molecule has 0 unspecified atom stereocenters. The fourth-order valence-corrected chi connectivity index (χ4v) is 3.13. The number of nitrogens with zero attached hydrogens (tertiary/aromatic N) is 4. The van der Waals surface area contributed by atoms with E-state index in [4.69, 9.17) is 0 Å². The number of imidazole rings is 1. The molecule has 1 amide bonds. The molecule has 0 fully saturated rings. The molecule has 0 aliphatic heterocycles. The summed E-state index contributed by atoms with van der Waals surface area (Å²) in [4.78, 5) is 25.2. The number of nitrogens with one attached hydrogen (secondary N) is 1. The molecule has 0 saturated carbocycles. The SMILES string of the molecule is O=C(Cn1cnc2ccccc21)Nc1nc(-c2ccccn2)cs1. The second kappa shape index (κ2) is 6.21. The molecule has 24 heavy (non-hydrogen) atoms.